The van der Waals surface area contributed by atoms with Crippen LogP contribution in [0.1, 0.15) is 142 Å². The Balaban J connectivity index is 4.12. The number of aliphatic hydroxyl groups excluding tert-OH is 2. The fourth-order valence-corrected chi connectivity index (χ4v) is 4.37. The summed E-state index contributed by atoms with van der Waals surface area (Å²) in [4.78, 5) is 12.1. The number of ether oxygens (including phenoxy) is 1. The summed E-state index contributed by atoms with van der Waals surface area (Å²) in [6.07, 6.45) is 24.5. The van der Waals surface area contributed by atoms with Crippen LogP contribution in [0.25, 0.3) is 0 Å². The van der Waals surface area contributed by atoms with Crippen LogP contribution in [0.3, 0.4) is 0 Å². The fourth-order valence-electron chi connectivity index (χ4n) is 4.37. The molecule has 0 bridgehead atoms. The van der Waals surface area contributed by atoms with E-state index in [9.17, 15) is 9.90 Å². The summed E-state index contributed by atoms with van der Waals surface area (Å²) < 4.78 is 5.42. The SMILES string of the molecule is CCCCCCCCCCCCC(CCCCCCCCCC)COC(=O)C(N)C(O)CO. The third-order valence-corrected chi connectivity index (χ3v) is 6.77. The van der Waals surface area contributed by atoms with Crippen LogP contribution >= 0.6 is 0 Å². The quantitative estimate of drug-likeness (QED) is 0.102. The molecule has 5 heteroatoms. The second-order valence-corrected chi connectivity index (χ2v) is 10.0. The van der Waals surface area contributed by atoms with E-state index in [1.165, 1.54) is 116 Å². The van der Waals surface area contributed by atoms with Crippen LogP contribution in [0.4, 0.5) is 0 Å². The number of rotatable bonds is 25. The van der Waals surface area contributed by atoms with Crippen molar-refractivity contribution in [2.75, 3.05) is 13.2 Å². The number of aliphatic hydroxyl groups is 2. The first-order chi connectivity index (χ1) is 16.1. The lowest BCUT2D eigenvalue weighted by molar-refractivity contribution is -0.150. The zero-order valence-corrected chi connectivity index (χ0v) is 22.1. The molecule has 0 fully saturated rings. The van der Waals surface area contributed by atoms with Crippen LogP contribution in [0.2, 0.25) is 0 Å². The normalized spacial score (nSPS) is 14.2. The Morgan fingerprint density at radius 2 is 1.06 bits per heavy atom. The minimum atomic E-state index is -1.26. The van der Waals surface area contributed by atoms with Gasteiger partial charge in [-0.1, -0.05) is 129 Å². The second-order valence-electron chi connectivity index (χ2n) is 10.0. The van der Waals surface area contributed by atoms with Gasteiger partial charge < -0.3 is 20.7 Å². The van der Waals surface area contributed by atoms with Crippen molar-refractivity contribution in [1.29, 1.82) is 0 Å². The van der Waals surface area contributed by atoms with Gasteiger partial charge in [0.05, 0.1) is 13.2 Å². The summed E-state index contributed by atoms with van der Waals surface area (Å²) in [7, 11) is 0. The van der Waals surface area contributed by atoms with E-state index in [1.54, 1.807) is 0 Å². The molecule has 0 aliphatic carbocycles. The number of esters is 1. The Morgan fingerprint density at radius 1 is 0.697 bits per heavy atom. The van der Waals surface area contributed by atoms with E-state index >= 15 is 0 Å². The van der Waals surface area contributed by atoms with E-state index in [0.29, 0.717) is 12.5 Å². The van der Waals surface area contributed by atoms with Crippen molar-refractivity contribution in [3.8, 4) is 0 Å². The van der Waals surface area contributed by atoms with Gasteiger partial charge in [-0.2, -0.15) is 0 Å². The predicted molar refractivity (Wildman–Crippen MR) is 139 cm³/mol. The van der Waals surface area contributed by atoms with Crippen molar-refractivity contribution >= 4 is 5.97 Å². The van der Waals surface area contributed by atoms with Crippen molar-refractivity contribution in [2.45, 2.75) is 154 Å². The number of nitrogens with two attached hydrogens (primary N) is 1. The van der Waals surface area contributed by atoms with Crippen LogP contribution < -0.4 is 5.73 Å². The van der Waals surface area contributed by atoms with E-state index in [1.807, 2.05) is 0 Å². The van der Waals surface area contributed by atoms with Gasteiger partial charge in [0.2, 0.25) is 0 Å². The maximum atomic E-state index is 12.1. The molecule has 0 spiro atoms. The Hall–Kier alpha value is -0.650. The fraction of sp³-hybridized carbons (Fsp3) is 0.964. The molecule has 0 aliphatic rings. The molecule has 0 saturated carbocycles. The minimum absolute atomic E-state index is 0.363. The topological polar surface area (TPSA) is 92.8 Å². The number of hydrogen-bond donors (Lipinski definition) is 3. The highest BCUT2D eigenvalue weighted by Gasteiger charge is 2.24. The summed E-state index contributed by atoms with van der Waals surface area (Å²) in [6, 6.07) is -1.17. The van der Waals surface area contributed by atoms with Gasteiger partial charge in [-0.3, -0.25) is 4.79 Å². The van der Waals surface area contributed by atoms with Crippen molar-refractivity contribution in [1.82, 2.24) is 0 Å². The minimum Gasteiger partial charge on any atom is -0.464 e. The first kappa shape index (κ1) is 32.4. The maximum absolute atomic E-state index is 12.1. The molecule has 0 aromatic rings. The van der Waals surface area contributed by atoms with Crippen molar-refractivity contribution < 1.29 is 19.7 Å². The molecule has 3 unspecified atom stereocenters. The average molecular weight is 472 g/mol. The third-order valence-electron chi connectivity index (χ3n) is 6.77. The van der Waals surface area contributed by atoms with Gasteiger partial charge in [0.1, 0.15) is 12.1 Å². The first-order valence-electron chi connectivity index (χ1n) is 14.3. The summed E-state index contributed by atoms with van der Waals surface area (Å²) in [5, 5.41) is 18.6. The third kappa shape index (κ3) is 20.4. The zero-order valence-electron chi connectivity index (χ0n) is 22.1. The summed E-state index contributed by atoms with van der Waals surface area (Å²) in [5.74, 6) is -0.248. The van der Waals surface area contributed by atoms with Crippen molar-refractivity contribution in [2.24, 2.45) is 11.7 Å². The van der Waals surface area contributed by atoms with E-state index in [0.717, 1.165) is 12.8 Å². The lowest BCUT2D eigenvalue weighted by Crippen LogP contribution is -2.45. The van der Waals surface area contributed by atoms with Crippen molar-refractivity contribution in [3.05, 3.63) is 0 Å². The molecule has 0 aromatic carbocycles. The molecule has 0 radical (unpaired) electrons. The molecule has 0 aromatic heterocycles. The Labute approximate surface area is 205 Å². The molecule has 33 heavy (non-hydrogen) atoms. The first-order valence-corrected chi connectivity index (χ1v) is 14.3. The molecule has 198 valence electrons. The van der Waals surface area contributed by atoms with Crippen LogP contribution in [-0.2, 0) is 9.53 Å². The smallest absolute Gasteiger partial charge is 0.325 e. The lowest BCUT2D eigenvalue weighted by Gasteiger charge is -2.20. The largest absolute Gasteiger partial charge is 0.464 e. The Bertz CT molecular complexity index is 419. The van der Waals surface area contributed by atoms with Gasteiger partial charge in [-0.25, -0.2) is 0 Å². The standard InChI is InChI=1S/C28H57NO4/c1-3-5-7-9-11-13-14-16-18-20-22-25(21-19-17-15-12-10-8-6-4-2)24-33-28(32)27(29)26(31)23-30/h25-27,30-31H,3-24,29H2,1-2H3. The van der Waals surface area contributed by atoms with Gasteiger partial charge in [0, 0.05) is 0 Å². The van der Waals surface area contributed by atoms with Gasteiger partial charge in [0.15, 0.2) is 0 Å². The van der Waals surface area contributed by atoms with Gasteiger partial charge >= 0.3 is 5.97 Å². The predicted octanol–water partition coefficient (Wildman–Crippen LogP) is 6.67. The number of carbonyl (C=O) groups excluding carboxylic acids is 1. The summed E-state index contributed by atoms with van der Waals surface area (Å²) in [6.45, 7) is 4.35. The molecule has 0 saturated heterocycles. The number of hydrogen-bond acceptors (Lipinski definition) is 5. The molecule has 3 atom stereocenters. The van der Waals surface area contributed by atoms with Gasteiger partial charge in [-0.05, 0) is 18.8 Å². The Morgan fingerprint density at radius 3 is 1.42 bits per heavy atom. The van der Waals surface area contributed by atoms with Crippen LogP contribution in [-0.4, -0.2) is 41.5 Å². The highest BCUT2D eigenvalue weighted by Crippen LogP contribution is 2.20. The molecule has 4 N–H and O–H groups in total. The maximum Gasteiger partial charge on any atom is 0.325 e. The Kier molecular flexibility index (Phi) is 24.0. The average Bonchev–Trinajstić information content (AvgIpc) is 2.83. The van der Waals surface area contributed by atoms with Crippen LogP contribution in [0, 0.1) is 5.92 Å². The highest BCUT2D eigenvalue weighted by molar-refractivity contribution is 5.76. The summed E-state index contributed by atoms with van der Waals surface area (Å²) >= 11 is 0. The van der Waals surface area contributed by atoms with Crippen LogP contribution in [0.15, 0.2) is 0 Å². The monoisotopic (exact) mass is 471 g/mol. The molecular weight excluding hydrogens is 414 g/mol. The molecule has 0 amide bonds. The van der Waals surface area contributed by atoms with E-state index in [-0.39, 0.29) is 0 Å². The van der Waals surface area contributed by atoms with Crippen LogP contribution in [0.5, 0.6) is 0 Å². The molecular formula is C28H57NO4. The van der Waals surface area contributed by atoms with E-state index < -0.39 is 24.7 Å². The second kappa shape index (κ2) is 24.5. The number of unbranched alkanes of at least 4 members (excludes halogenated alkanes) is 16. The highest BCUT2D eigenvalue weighted by atomic mass is 16.5. The summed E-state index contributed by atoms with van der Waals surface area (Å²) in [5.41, 5.74) is 5.67. The van der Waals surface area contributed by atoms with E-state index in [4.69, 9.17) is 15.6 Å². The molecule has 0 aliphatic heterocycles. The van der Waals surface area contributed by atoms with Gasteiger partial charge in [-0.15, -0.1) is 0 Å². The molecule has 0 heterocycles. The van der Waals surface area contributed by atoms with E-state index in [2.05, 4.69) is 13.8 Å². The van der Waals surface area contributed by atoms with Crippen molar-refractivity contribution in [3.63, 3.8) is 0 Å². The van der Waals surface area contributed by atoms with Gasteiger partial charge in [0.25, 0.3) is 0 Å². The number of carbonyl (C=O) groups is 1. The molecule has 5 nitrogen and oxygen atoms in total. The zero-order chi connectivity index (χ0) is 24.6. The molecule has 0 rings (SSSR count). The lowest BCUT2D eigenvalue weighted by atomic mass is 9.94.